The van der Waals surface area contributed by atoms with Gasteiger partial charge in [0.15, 0.2) is 11.6 Å². The molecule has 2 aromatic rings. The number of nitrogens with zero attached hydrogens (tertiary/aromatic N) is 1. The van der Waals surface area contributed by atoms with Gasteiger partial charge in [0.05, 0.1) is 0 Å². The highest BCUT2D eigenvalue weighted by Crippen LogP contribution is 2.41. The molecule has 1 aromatic heterocycles. The number of anilines is 1. The van der Waals surface area contributed by atoms with Crippen LogP contribution in [0.2, 0.25) is 10.0 Å². The smallest absolute Gasteiger partial charge is 0.322 e. The number of pyridine rings is 1. The second kappa shape index (κ2) is 6.67. The highest BCUT2D eigenvalue weighted by Gasteiger charge is 2.20. The number of aliphatic carboxylic acids is 1. The lowest BCUT2D eigenvalue weighted by molar-refractivity contribution is -0.134. The van der Waals surface area contributed by atoms with Crippen molar-refractivity contribution in [2.24, 2.45) is 0 Å². The maximum atomic E-state index is 13.7. The maximum absolute atomic E-state index is 13.7. The summed E-state index contributed by atoms with van der Waals surface area (Å²) < 4.78 is 19.1. The van der Waals surface area contributed by atoms with E-state index in [1.165, 1.54) is 24.3 Å². The number of aromatic nitrogens is 1. The van der Waals surface area contributed by atoms with Crippen LogP contribution in [0.3, 0.4) is 0 Å². The van der Waals surface area contributed by atoms with Crippen LogP contribution in [0, 0.1) is 5.95 Å². The van der Waals surface area contributed by atoms with Crippen molar-refractivity contribution in [2.45, 2.75) is 0 Å². The molecular weight excluding hydrogens is 338 g/mol. The molecule has 1 heterocycles. The first kappa shape index (κ1) is 16.1. The van der Waals surface area contributed by atoms with Gasteiger partial charge in [-0.2, -0.15) is 9.37 Å². The largest absolute Gasteiger partial charge is 0.508 e. The van der Waals surface area contributed by atoms with Gasteiger partial charge in [-0.1, -0.05) is 23.2 Å². The molecule has 1 aromatic carbocycles. The number of hydrogen-bond donors (Lipinski definition) is 3. The molecule has 9 heteroatoms. The second-order valence-corrected chi connectivity index (χ2v) is 4.81. The van der Waals surface area contributed by atoms with Gasteiger partial charge in [0.1, 0.15) is 28.1 Å². The van der Waals surface area contributed by atoms with E-state index < -0.39 is 23.5 Å². The number of carboxylic acids is 1. The van der Waals surface area contributed by atoms with E-state index in [0.717, 1.165) is 0 Å². The third kappa shape index (κ3) is 3.69. The van der Waals surface area contributed by atoms with E-state index in [9.17, 15) is 14.3 Å². The maximum Gasteiger partial charge on any atom is 0.322 e. The minimum Gasteiger partial charge on any atom is -0.508 e. The molecule has 0 atom stereocenters. The molecule has 0 amide bonds. The van der Waals surface area contributed by atoms with Crippen molar-refractivity contribution in [1.29, 1.82) is 0 Å². The van der Waals surface area contributed by atoms with Gasteiger partial charge < -0.3 is 20.3 Å². The van der Waals surface area contributed by atoms with Crippen LogP contribution in [0.4, 0.5) is 10.2 Å². The van der Waals surface area contributed by atoms with Crippen LogP contribution in [0.25, 0.3) is 0 Å². The third-order valence-electron chi connectivity index (χ3n) is 2.46. The molecule has 0 spiro atoms. The van der Waals surface area contributed by atoms with Gasteiger partial charge in [0.2, 0.25) is 5.95 Å². The molecule has 116 valence electrons. The molecule has 0 saturated carbocycles. The standard InChI is InChI=1S/C13H9Cl2FN2O4/c14-9-11(22-7-3-1-6(19)2-4-7)10(15)13(18-12(9)16)17-5-8(20)21/h1-4,19H,5H2,(H,17,18)(H,20,21). The Bertz CT molecular complexity index is 710. The Balaban J connectivity index is 2.36. The van der Waals surface area contributed by atoms with E-state index >= 15 is 0 Å². The molecule has 0 aliphatic heterocycles. The number of phenols is 1. The second-order valence-electron chi connectivity index (χ2n) is 4.05. The van der Waals surface area contributed by atoms with E-state index in [4.69, 9.17) is 33.0 Å². The van der Waals surface area contributed by atoms with Gasteiger partial charge in [0.25, 0.3) is 0 Å². The summed E-state index contributed by atoms with van der Waals surface area (Å²) in [6.07, 6.45) is 0. The topological polar surface area (TPSA) is 91.7 Å². The van der Waals surface area contributed by atoms with Gasteiger partial charge >= 0.3 is 5.97 Å². The van der Waals surface area contributed by atoms with Gasteiger partial charge in [-0.15, -0.1) is 0 Å². The van der Waals surface area contributed by atoms with Crippen LogP contribution in [0.15, 0.2) is 24.3 Å². The molecule has 0 fully saturated rings. The molecule has 0 unspecified atom stereocenters. The summed E-state index contributed by atoms with van der Waals surface area (Å²) in [5.74, 6) is -2.39. The van der Waals surface area contributed by atoms with Crippen LogP contribution in [0.1, 0.15) is 0 Å². The SMILES string of the molecule is O=C(O)CNc1nc(F)c(Cl)c(Oc2ccc(O)cc2)c1Cl. The fourth-order valence-electron chi connectivity index (χ4n) is 1.49. The first-order valence-corrected chi connectivity index (χ1v) is 6.61. The fourth-order valence-corrected chi connectivity index (χ4v) is 1.96. The van der Waals surface area contributed by atoms with Gasteiger partial charge in [-0.05, 0) is 24.3 Å². The third-order valence-corrected chi connectivity index (χ3v) is 3.14. The first-order chi connectivity index (χ1) is 10.4. The number of aromatic hydroxyl groups is 1. The Morgan fingerprint density at radius 1 is 1.27 bits per heavy atom. The fraction of sp³-hybridized carbons (Fsp3) is 0.0769. The molecule has 0 bridgehead atoms. The van der Waals surface area contributed by atoms with Crippen molar-refractivity contribution in [1.82, 2.24) is 4.98 Å². The summed E-state index contributed by atoms with van der Waals surface area (Å²) >= 11 is 11.8. The first-order valence-electron chi connectivity index (χ1n) is 5.85. The number of halogens is 3. The lowest BCUT2D eigenvalue weighted by atomic mass is 10.3. The lowest BCUT2D eigenvalue weighted by Crippen LogP contribution is -2.14. The number of rotatable bonds is 5. The van der Waals surface area contributed by atoms with Crippen LogP contribution in [-0.4, -0.2) is 27.7 Å². The number of ether oxygens (including phenoxy) is 1. The Morgan fingerprint density at radius 2 is 1.91 bits per heavy atom. The zero-order valence-electron chi connectivity index (χ0n) is 10.8. The molecule has 22 heavy (non-hydrogen) atoms. The van der Waals surface area contributed by atoms with E-state index in [1.54, 1.807) is 0 Å². The number of carboxylic acid groups (broad SMARTS) is 1. The Kier molecular flexibility index (Phi) is 4.89. The zero-order chi connectivity index (χ0) is 16.3. The summed E-state index contributed by atoms with van der Waals surface area (Å²) in [7, 11) is 0. The zero-order valence-corrected chi connectivity index (χ0v) is 12.3. The summed E-state index contributed by atoms with van der Waals surface area (Å²) in [4.78, 5) is 14.0. The van der Waals surface area contributed by atoms with Crippen molar-refractivity contribution < 1.29 is 24.1 Å². The normalized spacial score (nSPS) is 10.3. The van der Waals surface area contributed by atoms with E-state index in [-0.39, 0.29) is 28.1 Å². The van der Waals surface area contributed by atoms with Crippen molar-refractivity contribution in [3.8, 4) is 17.2 Å². The number of phenolic OH excluding ortho intramolecular Hbond substituents is 1. The highest BCUT2D eigenvalue weighted by atomic mass is 35.5. The predicted octanol–water partition coefficient (Wildman–Crippen LogP) is 3.52. The molecule has 0 saturated heterocycles. The van der Waals surface area contributed by atoms with Crippen molar-refractivity contribution in [2.75, 3.05) is 11.9 Å². The van der Waals surface area contributed by atoms with E-state index in [1.807, 2.05) is 0 Å². The summed E-state index contributed by atoms with van der Waals surface area (Å²) in [5.41, 5.74) is 0. The summed E-state index contributed by atoms with van der Waals surface area (Å²) in [6.45, 7) is -0.507. The monoisotopic (exact) mass is 346 g/mol. The quantitative estimate of drug-likeness (QED) is 0.717. The average molecular weight is 347 g/mol. The number of benzene rings is 1. The minimum atomic E-state index is -1.17. The van der Waals surface area contributed by atoms with Crippen LogP contribution >= 0.6 is 23.2 Å². The van der Waals surface area contributed by atoms with Crippen LogP contribution in [0.5, 0.6) is 17.2 Å². The molecule has 6 nitrogen and oxygen atoms in total. The number of nitrogens with one attached hydrogen (secondary N) is 1. The Labute approximate surface area is 134 Å². The van der Waals surface area contributed by atoms with Gasteiger partial charge in [-0.3, -0.25) is 4.79 Å². The predicted molar refractivity (Wildman–Crippen MR) is 78.5 cm³/mol. The molecule has 3 N–H and O–H groups in total. The number of carbonyl (C=O) groups is 1. The molecular formula is C13H9Cl2FN2O4. The Hall–Kier alpha value is -2.25. The van der Waals surface area contributed by atoms with E-state index in [2.05, 4.69) is 10.3 Å². The van der Waals surface area contributed by atoms with Crippen LogP contribution < -0.4 is 10.1 Å². The molecule has 0 aliphatic carbocycles. The van der Waals surface area contributed by atoms with Crippen LogP contribution in [-0.2, 0) is 4.79 Å². The molecule has 0 radical (unpaired) electrons. The summed E-state index contributed by atoms with van der Waals surface area (Å²) in [5, 5.41) is 19.6. The highest BCUT2D eigenvalue weighted by molar-refractivity contribution is 6.38. The lowest BCUT2D eigenvalue weighted by Gasteiger charge is -2.13. The van der Waals surface area contributed by atoms with Crippen molar-refractivity contribution in [3.05, 3.63) is 40.3 Å². The van der Waals surface area contributed by atoms with E-state index in [0.29, 0.717) is 0 Å². The molecule has 2 rings (SSSR count). The summed E-state index contributed by atoms with van der Waals surface area (Å²) in [6, 6.07) is 5.56. The van der Waals surface area contributed by atoms with Crippen molar-refractivity contribution in [3.63, 3.8) is 0 Å². The minimum absolute atomic E-state index is 0.0225. The van der Waals surface area contributed by atoms with Crippen molar-refractivity contribution >= 4 is 35.0 Å². The van der Waals surface area contributed by atoms with Gasteiger partial charge in [0, 0.05) is 0 Å². The van der Waals surface area contributed by atoms with Gasteiger partial charge in [-0.25, -0.2) is 0 Å². The number of hydrogen-bond acceptors (Lipinski definition) is 5. The molecule has 0 aliphatic rings. The average Bonchev–Trinajstić information content (AvgIpc) is 2.48. The Morgan fingerprint density at radius 3 is 2.50 bits per heavy atom.